The van der Waals surface area contributed by atoms with E-state index in [1.807, 2.05) is 37.3 Å². The lowest BCUT2D eigenvalue weighted by atomic mass is 10.1. The molecule has 2 amide bonds. The van der Waals surface area contributed by atoms with Gasteiger partial charge in [-0.05, 0) is 48.4 Å². The minimum absolute atomic E-state index is 0.147. The van der Waals surface area contributed by atoms with Gasteiger partial charge in [0.05, 0.1) is 22.2 Å². The highest BCUT2D eigenvalue weighted by atomic mass is 35.5. The number of nitrogens with one attached hydrogen (secondary N) is 3. The van der Waals surface area contributed by atoms with Crippen molar-refractivity contribution in [2.24, 2.45) is 0 Å². The van der Waals surface area contributed by atoms with Crippen LogP contribution in [0, 0.1) is 6.92 Å². The molecule has 0 aliphatic heterocycles. The van der Waals surface area contributed by atoms with Crippen LogP contribution in [-0.2, 0) is 16.0 Å². The number of hydrogen-bond donors (Lipinski definition) is 3. The summed E-state index contributed by atoms with van der Waals surface area (Å²) in [5.74, 6) is -0.355. The Bertz CT molecular complexity index is 1080. The lowest BCUT2D eigenvalue weighted by molar-refractivity contribution is -0.115. The molecule has 5 nitrogen and oxygen atoms in total. The molecule has 0 radical (unpaired) electrons. The average molecular weight is 442 g/mol. The molecule has 3 aromatic carbocycles. The Hall–Kier alpha value is -3.02. The number of para-hydroxylation sites is 2. The van der Waals surface area contributed by atoms with Crippen LogP contribution in [0.2, 0.25) is 10.0 Å². The number of hydrogen-bond acceptors (Lipinski definition) is 3. The zero-order chi connectivity index (χ0) is 21.7. The van der Waals surface area contributed by atoms with Gasteiger partial charge in [-0.15, -0.1) is 0 Å². The highest BCUT2D eigenvalue weighted by Gasteiger charge is 2.12. The second kappa shape index (κ2) is 9.65. The second-order valence-electron chi connectivity index (χ2n) is 6.81. The molecule has 0 aromatic heterocycles. The standard InChI is InChI=1S/C23H21Cl2N3O2/c1-14-10-11-17(13-21(14)26-15(2)29)27-22(30)12-16-6-3-4-9-20(16)28-23-18(24)7-5-8-19(23)25/h3-11,13,28H,12H2,1-2H3,(H,26,29)(H,27,30). The van der Waals surface area contributed by atoms with Crippen molar-refractivity contribution in [3.63, 3.8) is 0 Å². The van der Waals surface area contributed by atoms with Crippen molar-refractivity contribution >= 4 is 57.8 Å². The first-order chi connectivity index (χ1) is 14.3. The van der Waals surface area contributed by atoms with Crippen LogP contribution in [0.5, 0.6) is 0 Å². The Kier molecular flexibility index (Phi) is 6.98. The van der Waals surface area contributed by atoms with Crippen LogP contribution >= 0.6 is 23.2 Å². The molecule has 0 bridgehead atoms. The van der Waals surface area contributed by atoms with Crippen LogP contribution in [-0.4, -0.2) is 11.8 Å². The first-order valence-corrected chi connectivity index (χ1v) is 10.1. The smallest absolute Gasteiger partial charge is 0.228 e. The first-order valence-electron chi connectivity index (χ1n) is 9.30. The number of halogens is 2. The number of carbonyl (C=O) groups excluding carboxylic acids is 2. The number of aryl methyl sites for hydroxylation is 1. The molecular weight excluding hydrogens is 421 g/mol. The molecule has 7 heteroatoms. The summed E-state index contributed by atoms with van der Waals surface area (Å²) in [5.41, 5.74) is 4.30. The molecule has 0 spiro atoms. The summed E-state index contributed by atoms with van der Waals surface area (Å²) in [7, 11) is 0. The van der Waals surface area contributed by atoms with E-state index in [1.54, 1.807) is 30.3 Å². The van der Waals surface area contributed by atoms with E-state index in [0.717, 1.165) is 16.8 Å². The second-order valence-corrected chi connectivity index (χ2v) is 7.63. The summed E-state index contributed by atoms with van der Waals surface area (Å²) in [4.78, 5) is 24.0. The molecule has 0 aliphatic rings. The number of amides is 2. The zero-order valence-electron chi connectivity index (χ0n) is 16.6. The molecule has 0 aliphatic carbocycles. The minimum Gasteiger partial charge on any atom is -0.353 e. The molecule has 3 rings (SSSR count). The van der Waals surface area contributed by atoms with Gasteiger partial charge in [-0.3, -0.25) is 9.59 Å². The fourth-order valence-corrected chi connectivity index (χ4v) is 3.44. The van der Waals surface area contributed by atoms with Crippen LogP contribution in [0.4, 0.5) is 22.7 Å². The van der Waals surface area contributed by atoms with Gasteiger partial charge in [-0.25, -0.2) is 0 Å². The van der Waals surface area contributed by atoms with Crippen molar-refractivity contribution in [2.75, 3.05) is 16.0 Å². The fraction of sp³-hybridized carbons (Fsp3) is 0.130. The Balaban J connectivity index is 1.76. The Labute approximate surface area is 185 Å². The highest BCUT2D eigenvalue weighted by molar-refractivity contribution is 6.39. The molecule has 0 fully saturated rings. The molecular formula is C23H21Cl2N3O2. The number of anilines is 4. The number of carbonyl (C=O) groups is 2. The molecule has 154 valence electrons. The summed E-state index contributed by atoms with van der Waals surface area (Å²) < 4.78 is 0. The van der Waals surface area contributed by atoms with Crippen LogP contribution < -0.4 is 16.0 Å². The van der Waals surface area contributed by atoms with Gasteiger partial charge in [0.15, 0.2) is 0 Å². The van der Waals surface area contributed by atoms with Gasteiger partial charge in [-0.1, -0.05) is 53.5 Å². The van der Waals surface area contributed by atoms with Crippen molar-refractivity contribution in [1.29, 1.82) is 0 Å². The van der Waals surface area contributed by atoms with E-state index in [1.165, 1.54) is 6.92 Å². The van der Waals surface area contributed by atoms with E-state index in [0.29, 0.717) is 27.1 Å². The normalized spacial score (nSPS) is 10.4. The van der Waals surface area contributed by atoms with Gasteiger partial charge in [-0.2, -0.15) is 0 Å². The first kappa shape index (κ1) is 21.7. The van der Waals surface area contributed by atoms with Crippen LogP contribution in [0.1, 0.15) is 18.1 Å². The highest BCUT2D eigenvalue weighted by Crippen LogP contribution is 2.33. The summed E-state index contributed by atoms with van der Waals surface area (Å²) in [6.07, 6.45) is 0.147. The Morgan fingerprint density at radius 2 is 1.57 bits per heavy atom. The van der Waals surface area contributed by atoms with Gasteiger partial charge in [0.2, 0.25) is 11.8 Å². The van der Waals surface area contributed by atoms with E-state index in [9.17, 15) is 9.59 Å². The van der Waals surface area contributed by atoms with Gasteiger partial charge in [0.25, 0.3) is 0 Å². The number of benzene rings is 3. The van der Waals surface area contributed by atoms with Gasteiger partial charge < -0.3 is 16.0 Å². The lowest BCUT2D eigenvalue weighted by Gasteiger charge is -2.15. The predicted molar refractivity (Wildman–Crippen MR) is 124 cm³/mol. The zero-order valence-corrected chi connectivity index (χ0v) is 18.1. The molecule has 3 aromatic rings. The molecule has 3 N–H and O–H groups in total. The van der Waals surface area contributed by atoms with Gasteiger partial charge in [0, 0.05) is 24.0 Å². The third-order valence-electron chi connectivity index (χ3n) is 4.42. The van der Waals surface area contributed by atoms with Crippen LogP contribution in [0.15, 0.2) is 60.7 Å². The van der Waals surface area contributed by atoms with E-state index in [4.69, 9.17) is 23.2 Å². The maximum atomic E-state index is 12.7. The monoisotopic (exact) mass is 441 g/mol. The van der Waals surface area contributed by atoms with E-state index in [-0.39, 0.29) is 18.2 Å². The topological polar surface area (TPSA) is 70.2 Å². The van der Waals surface area contributed by atoms with E-state index in [2.05, 4.69) is 16.0 Å². The van der Waals surface area contributed by atoms with Crippen LogP contribution in [0.3, 0.4) is 0 Å². The third-order valence-corrected chi connectivity index (χ3v) is 5.05. The van der Waals surface area contributed by atoms with Crippen molar-refractivity contribution < 1.29 is 9.59 Å². The van der Waals surface area contributed by atoms with Crippen molar-refractivity contribution in [3.05, 3.63) is 81.8 Å². The summed E-state index contributed by atoms with van der Waals surface area (Å²) >= 11 is 12.5. The Morgan fingerprint density at radius 1 is 0.867 bits per heavy atom. The maximum Gasteiger partial charge on any atom is 0.228 e. The van der Waals surface area contributed by atoms with Crippen LogP contribution in [0.25, 0.3) is 0 Å². The number of rotatable bonds is 6. The van der Waals surface area contributed by atoms with Crippen molar-refractivity contribution in [2.45, 2.75) is 20.3 Å². The predicted octanol–water partition coefficient (Wildman–Crippen LogP) is 6.19. The largest absolute Gasteiger partial charge is 0.353 e. The molecule has 30 heavy (non-hydrogen) atoms. The summed E-state index contributed by atoms with van der Waals surface area (Å²) in [5, 5.41) is 9.84. The van der Waals surface area contributed by atoms with E-state index < -0.39 is 0 Å². The molecule has 0 saturated carbocycles. The minimum atomic E-state index is -0.188. The van der Waals surface area contributed by atoms with Crippen molar-refractivity contribution in [1.82, 2.24) is 0 Å². The quantitative estimate of drug-likeness (QED) is 0.427. The molecule has 0 saturated heterocycles. The third kappa shape index (κ3) is 5.53. The Morgan fingerprint density at radius 3 is 2.27 bits per heavy atom. The summed E-state index contributed by atoms with van der Waals surface area (Å²) in [6.45, 7) is 3.33. The fourth-order valence-electron chi connectivity index (χ4n) is 2.95. The van der Waals surface area contributed by atoms with E-state index >= 15 is 0 Å². The van der Waals surface area contributed by atoms with Gasteiger partial charge in [0.1, 0.15) is 0 Å². The van der Waals surface area contributed by atoms with Gasteiger partial charge >= 0.3 is 0 Å². The SMILES string of the molecule is CC(=O)Nc1cc(NC(=O)Cc2ccccc2Nc2c(Cl)cccc2Cl)ccc1C. The lowest BCUT2D eigenvalue weighted by Crippen LogP contribution is -2.16. The molecule has 0 heterocycles. The molecule has 0 unspecified atom stereocenters. The molecule has 0 atom stereocenters. The summed E-state index contributed by atoms with van der Waals surface area (Å²) in [6, 6.07) is 18.1. The van der Waals surface area contributed by atoms with Crippen molar-refractivity contribution in [3.8, 4) is 0 Å². The maximum absolute atomic E-state index is 12.7. The average Bonchev–Trinajstić information content (AvgIpc) is 2.68.